The van der Waals surface area contributed by atoms with Crippen molar-refractivity contribution in [2.75, 3.05) is 6.61 Å². The number of esters is 1. The summed E-state index contributed by atoms with van der Waals surface area (Å²) >= 11 is 0.392. The van der Waals surface area contributed by atoms with Gasteiger partial charge in [0.2, 0.25) is 0 Å². The second kappa shape index (κ2) is 8.11. The molecule has 13 heavy (non-hydrogen) atoms. The van der Waals surface area contributed by atoms with Gasteiger partial charge in [-0.2, -0.15) is 0 Å². The Kier molecular flexibility index (Phi) is 7.80. The molecule has 0 heterocycles. The molecule has 0 aliphatic carbocycles. The molecular weight excluding hydrogens is 282 g/mol. The molecule has 0 N–H and O–H groups in total. The number of hydrogen-bond acceptors (Lipinski definition) is 4. The SMILES string of the molecule is CCCCOC(=O)/C=C\C(=O)[O][SbH2]. The van der Waals surface area contributed by atoms with Crippen LogP contribution in [0.2, 0.25) is 0 Å². The van der Waals surface area contributed by atoms with Gasteiger partial charge in [-0.3, -0.25) is 0 Å². The molecular formula is C8H13O4Sb. The van der Waals surface area contributed by atoms with Gasteiger partial charge in [0.25, 0.3) is 0 Å². The quantitative estimate of drug-likeness (QED) is 0.309. The maximum absolute atomic E-state index is 10.8. The third-order valence-electron chi connectivity index (χ3n) is 1.21. The summed E-state index contributed by atoms with van der Waals surface area (Å²) < 4.78 is 9.18. The van der Waals surface area contributed by atoms with Crippen molar-refractivity contribution < 1.29 is 17.3 Å². The van der Waals surface area contributed by atoms with Crippen molar-refractivity contribution in [2.45, 2.75) is 19.8 Å². The zero-order valence-electron chi connectivity index (χ0n) is 7.49. The molecule has 0 amide bonds. The van der Waals surface area contributed by atoms with Crippen LogP contribution in [0.1, 0.15) is 19.8 Å². The van der Waals surface area contributed by atoms with Crippen LogP contribution in [0.15, 0.2) is 12.2 Å². The van der Waals surface area contributed by atoms with Crippen LogP contribution in [0, 0.1) is 0 Å². The molecule has 0 atom stereocenters. The number of unbranched alkanes of at least 4 members (excludes halogenated alkanes) is 1. The number of carbonyl (C=O) groups excluding carboxylic acids is 2. The van der Waals surface area contributed by atoms with E-state index in [1.54, 1.807) is 0 Å². The third-order valence-corrected chi connectivity index (χ3v) is 1.88. The van der Waals surface area contributed by atoms with Gasteiger partial charge in [0.05, 0.1) is 0 Å². The molecule has 5 heteroatoms. The first-order valence-electron chi connectivity index (χ1n) is 3.96. The summed E-state index contributed by atoms with van der Waals surface area (Å²) in [5.74, 6) is -1.01. The standard InChI is InChI=1S/C8H12O4.Sb.2H/c1-2-3-6-12-8(11)5-4-7(9)10;;;/h4-5H,2-3,6H2,1H3,(H,9,10);;;/q;+1;;/p-1/b5-4-;;;. The van der Waals surface area contributed by atoms with Crippen molar-refractivity contribution in [3.63, 3.8) is 0 Å². The molecule has 0 saturated carbocycles. The summed E-state index contributed by atoms with van der Waals surface area (Å²) in [5.41, 5.74) is 0. The van der Waals surface area contributed by atoms with E-state index >= 15 is 0 Å². The van der Waals surface area contributed by atoms with E-state index in [1.165, 1.54) is 0 Å². The van der Waals surface area contributed by atoms with Gasteiger partial charge in [0.1, 0.15) is 0 Å². The number of carbonyl (C=O) groups is 2. The molecule has 0 aromatic carbocycles. The van der Waals surface area contributed by atoms with Crippen LogP contribution in [0.3, 0.4) is 0 Å². The fourth-order valence-corrected chi connectivity index (χ4v) is 0.765. The first-order chi connectivity index (χ1) is 6.20. The van der Waals surface area contributed by atoms with Crippen molar-refractivity contribution >= 4 is 35.4 Å². The third kappa shape index (κ3) is 7.85. The Bertz CT molecular complexity index is 200. The Labute approximate surface area is 91.3 Å². The molecule has 0 rings (SSSR count). The normalized spacial score (nSPS) is 10.0. The predicted octanol–water partition coefficient (Wildman–Crippen LogP) is -0.0228. The van der Waals surface area contributed by atoms with E-state index in [0.29, 0.717) is 30.0 Å². The van der Waals surface area contributed by atoms with Crippen LogP contribution >= 0.6 is 0 Å². The molecule has 4 nitrogen and oxygen atoms in total. The Morgan fingerprint density at radius 1 is 1.31 bits per heavy atom. The zero-order chi connectivity index (χ0) is 10.1. The van der Waals surface area contributed by atoms with Gasteiger partial charge in [-0.15, -0.1) is 0 Å². The van der Waals surface area contributed by atoms with Crippen LogP contribution in [0.5, 0.6) is 0 Å². The Morgan fingerprint density at radius 3 is 2.46 bits per heavy atom. The van der Waals surface area contributed by atoms with Crippen LogP contribution in [0.25, 0.3) is 0 Å². The van der Waals surface area contributed by atoms with Crippen molar-refractivity contribution in [3.05, 3.63) is 12.2 Å². The van der Waals surface area contributed by atoms with E-state index < -0.39 is 11.9 Å². The Hall–Kier alpha value is -0.502. The molecule has 0 aromatic heterocycles. The number of ether oxygens (including phenoxy) is 1. The summed E-state index contributed by atoms with van der Waals surface area (Å²) in [6.45, 7) is 2.40. The van der Waals surface area contributed by atoms with E-state index in [2.05, 4.69) is 3.02 Å². The number of rotatable bonds is 5. The molecule has 0 aliphatic heterocycles. The van der Waals surface area contributed by atoms with E-state index in [4.69, 9.17) is 4.74 Å². The van der Waals surface area contributed by atoms with Crippen LogP contribution in [0.4, 0.5) is 0 Å². The monoisotopic (exact) mass is 294 g/mol. The fourth-order valence-electron chi connectivity index (χ4n) is 0.541. The summed E-state index contributed by atoms with van der Waals surface area (Å²) in [7, 11) is 0. The fraction of sp³-hybridized carbons (Fsp3) is 0.500. The van der Waals surface area contributed by atoms with Gasteiger partial charge in [-0.25, -0.2) is 0 Å². The summed E-state index contributed by atoms with van der Waals surface area (Å²) in [6, 6.07) is 0. The average Bonchev–Trinajstić information content (AvgIpc) is 2.14. The average molecular weight is 295 g/mol. The zero-order valence-corrected chi connectivity index (χ0v) is 10.8. The van der Waals surface area contributed by atoms with Gasteiger partial charge >= 0.3 is 91.2 Å². The van der Waals surface area contributed by atoms with Crippen molar-refractivity contribution in [3.8, 4) is 0 Å². The van der Waals surface area contributed by atoms with Crippen molar-refractivity contribution in [1.82, 2.24) is 0 Å². The predicted molar refractivity (Wildman–Crippen MR) is 49.6 cm³/mol. The van der Waals surface area contributed by atoms with Gasteiger partial charge in [0.15, 0.2) is 0 Å². The van der Waals surface area contributed by atoms with E-state index in [0.717, 1.165) is 25.0 Å². The molecule has 0 unspecified atom stereocenters. The Balaban J connectivity index is 3.61. The molecule has 0 fully saturated rings. The van der Waals surface area contributed by atoms with E-state index in [1.807, 2.05) is 6.92 Å². The van der Waals surface area contributed by atoms with Gasteiger partial charge in [-0.05, 0) is 0 Å². The summed E-state index contributed by atoms with van der Waals surface area (Å²) in [6.07, 6.45) is 3.96. The van der Waals surface area contributed by atoms with Gasteiger partial charge in [0, 0.05) is 0 Å². The summed E-state index contributed by atoms with van der Waals surface area (Å²) in [5, 5.41) is 0. The van der Waals surface area contributed by atoms with Crippen LogP contribution < -0.4 is 0 Å². The minimum absolute atomic E-state index is 0.392. The van der Waals surface area contributed by atoms with E-state index in [9.17, 15) is 9.59 Å². The minimum atomic E-state index is -0.505. The molecule has 0 saturated heterocycles. The topological polar surface area (TPSA) is 52.6 Å². The second-order valence-electron chi connectivity index (χ2n) is 2.29. The molecule has 0 bridgehead atoms. The Morgan fingerprint density at radius 2 is 1.92 bits per heavy atom. The second-order valence-corrected chi connectivity index (χ2v) is 2.96. The summed E-state index contributed by atoms with van der Waals surface area (Å²) in [4.78, 5) is 21.4. The van der Waals surface area contributed by atoms with Gasteiger partial charge in [-0.1, -0.05) is 0 Å². The number of hydrogen-bond donors (Lipinski definition) is 0. The molecule has 0 aliphatic rings. The first kappa shape index (κ1) is 12.5. The first-order valence-corrected chi connectivity index (χ1v) is 5.30. The molecule has 0 aromatic rings. The van der Waals surface area contributed by atoms with Crippen molar-refractivity contribution in [1.29, 1.82) is 0 Å². The van der Waals surface area contributed by atoms with E-state index in [-0.39, 0.29) is 0 Å². The maximum atomic E-state index is 10.8. The molecule has 0 spiro atoms. The van der Waals surface area contributed by atoms with Crippen LogP contribution in [-0.2, 0) is 17.3 Å². The van der Waals surface area contributed by atoms with Crippen LogP contribution in [-0.4, -0.2) is 42.0 Å². The van der Waals surface area contributed by atoms with Crippen molar-refractivity contribution in [2.24, 2.45) is 0 Å². The van der Waals surface area contributed by atoms with Gasteiger partial charge < -0.3 is 0 Å². The molecule has 0 radical (unpaired) electrons. The molecule has 74 valence electrons.